The molecule has 4 aromatic rings. The first-order valence-electron chi connectivity index (χ1n) is 10.2. The van der Waals surface area contributed by atoms with Crippen LogP contribution < -0.4 is 4.74 Å². The highest BCUT2D eigenvalue weighted by molar-refractivity contribution is 9.10. The molecule has 32 heavy (non-hydrogen) atoms. The van der Waals surface area contributed by atoms with Crippen molar-refractivity contribution in [1.82, 2.24) is 4.57 Å². The third-order valence-corrected chi connectivity index (χ3v) is 5.64. The van der Waals surface area contributed by atoms with Gasteiger partial charge in [0, 0.05) is 16.4 Å². The maximum Gasteiger partial charge on any atom is 0.302 e. The number of amides is 1. The van der Waals surface area contributed by atoms with Crippen LogP contribution in [0.5, 0.6) is 11.6 Å². The van der Waals surface area contributed by atoms with Crippen LogP contribution in [0.2, 0.25) is 0 Å². The van der Waals surface area contributed by atoms with Crippen molar-refractivity contribution in [3.8, 4) is 11.6 Å². The minimum Gasteiger partial charge on any atom is -0.493 e. The van der Waals surface area contributed by atoms with Gasteiger partial charge in [-0.15, -0.1) is 10.2 Å². The second-order valence-corrected chi connectivity index (χ2v) is 8.28. The number of carbonyl (C=O) groups excluding carboxylic acids is 1. The molecule has 162 valence electrons. The predicted molar refractivity (Wildman–Crippen MR) is 128 cm³/mol. The first kappa shape index (κ1) is 21.8. The third kappa shape index (κ3) is 4.89. The highest BCUT2D eigenvalue weighted by Crippen LogP contribution is 2.40. The molecule has 1 heterocycles. The highest BCUT2D eigenvalue weighted by Gasteiger charge is 2.17. The molecule has 0 saturated carbocycles. The Bertz CT molecular complexity index is 1280. The van der Waals surface area contributed by atoms with Gasteiger partial charge in [0.1, 0.15) is 5.75 Å². The van der Waals surface area contributed by atoms with Gasteiger partial charge in [-0.2, -0.15) is 0 Å². The maximum atomic E-state index is 12.2. The van der Waals surface area contributed by atoms with Gasteiger partial charge in [0.15, 0.2) is 12.3 Å². The fourth-order valence-electron chi connectivity index (χ4n) is 3.50. The number of azo groups is 1. The molecule has 0 radical (unpaired) electrons. The summed E-state index contributed by atoms with van der Waals surface area (Å²) in [6, 6.07) is 23.2. The topological polar surface area (TPSA) is 76.2 Å². The summed E-state index contributed by atoms with van der Waals surface area (Å²) in [5.74, 6) is 0.0681. The zero-order valence-corrected chi connectivity index (χ0v) is 19.1. The molecule has 0 aliphatic carbocycles. The molecule has 0 aliphatic heterocycles. The standard InChI is InChI=1S/C25H22BrN3O3/c1-17-7-5-6-10-22(17)32-16-23(30)27-28-24-20-15-19(26)11-12-21(20)29(25(24)31)14-13-18-8-3-2-4-9-18/h2-12,15,31H,13-14,16H2,1H3. The van der Waals surface area contributed by atoms with E-state index in [1.54, 1.807) is 10.6 Å². The maximum absolute atomic E-state index is 12.2. The molecule has 0 atom stereocenters. The molecule has 7 heteroatoms. The number of aryl methyl sites for hydroxylation is 3. The first-order chi connectivity index (χ1) is 15.5. The van der Waals surface area contributed by atoms with Crippen molar-refractivity contribution in [1.29, 1.82) is 0 Å². The number of aromatic nitrogens is 1. The van der Waals surface area contributed by atoms with E-state index in [1.165, 1.54) is 0 Å². The molecule has 0 spiro atoms. The van der Waals surface area contributed by atoms with Crippen LogP contribution in [0.25, 0.3) is 10.9 Å². The lowest BCUT2D eigenvalue weighted by Gasteiger charge is -2.07. The Labute approximate surface area is 194 Å². The monoisotopic (exact) mass is 491 g/mol. The van der Waals surface area contributed by atoms with E-state index in [-0.39, 0.29) is 18.2 Å². The first-order valence-corrected chi connectivity index (χ1v) is 11.0. The number of aromatic hydroxyl groups is 1. The number of ether oxygens (including phenoxy) is 1. The Morgan fingerprint density at radius 3 is 2.59 bits per heavy atom. The second kappa shape index (κ2) is 9.78. The van der Waals surface area contributed by atoms with E-state index in [4.69, 9.17) is 4.74 Å². The Hall–Kier alpha value is -3.45. The van der Waals surface area contributed by atoms with E-state index in [2.05, 4.69) is 26.2 Å². The van der Waals surface area contributed by atoms with Gasteiger partial charge in [-0.25, -0.2) is 0 Å². The van der Waals surface area contributed by atoms with E-state index in [0.717, 1.165) is 27.5 Å². The molecule has 0 unspecified atom stereocenters. The van der Waals surface area contributed by atoms with E-state index < -0.39 is 5.91 Å². The van der Waals surface area contributed by atoms with Crippen molar-refractivity contribution < 1.29 is 14.6 Å². The van der Waals surface area contributed by atoms with E-state index in [0.29, 0.717) is 17.7 Å². The molecule has 3 aromatic carbocycles. The molecule has 1 aromatic heterocycles. The van der Waals surface area contributed by atoms with Crippen molar-refractivity contribution in [2.75, 3.05) is 6.61 Å². The van der Waals surface area contributed by atoms with Crippen molar-refractivity contribution >= 4 is 38.4 Å². The molecule has 0 bridgehead atoms. The quantitative estimate of drug-likeness (QED) is 0.306. The molecule has 0 saturated heterocycles. The van der Waals surface area contributed by atoms with E-state index >= 15 is 0 Å². The summed E-state index contributed by atoms with van der Waals surface area (Å²) in [5.41, 5.74) is 3.18. The molecule has 1 amide bonds. The van der Waals surface area contributed by atoms with Crippen molar-refractivity contribution in [3.05, 3.63) is 88.4 Å². The van der Waals surface area contributed by atoms with Gasteiger partial charge in [-0.1, -0.05) is 64.5 Å². The van der Waals surface area contributed by atoms with Crippen LogP contribution in [0.1, 0.15) is 11.1 Å². The average molecular weight is 492 g/mol. The van der Waals surface area contributed by atoms with Gasteiger partial charge >= 0.3 is 5.91 Å². The largest absolute Gasteiger partial charge is 0.493 e. The summed E-state index contributed by atoms with van der Waals surface area (Å²) in [4.78, 5) is 12.2. The predicted octanol–water partition coefficient (Wildman–Crippen LogP) is 6.35. The van der Waals surface area contributed by atoms with Crippen molar-refractivity contribution in [3.63, 3.8) is 0 Å². The summed E-state index contributed by atoms with van der Waals surface area (Å²) >= 11 is 3.46. The molecule has 4 rings (SSSR count). The van der Waals surface area contributed by atoms with Crippen LogP contribution in [0.3, 0.4) is 0 Å². The number of para-hydroxylation sites is 1. The minimum atomic E-state index is -0.534. The number of nitrogens with zero attached hydrogens (tertiary/aromatic N) is 3. The van der Waals surface area contributed by atoms with Crippen molar-refractivity contribution in [2.24, 2.45) is 10.2 Å². The number of halogens is 1. The molecule has 6 nitrogen and oxygen atoms in total. The lowest BCUT2D eigenvalue weighted by Crippen LogP contribution is -2.08. The lowest BCUT2D eigenvalue weighted by atomic mass is 10.1. The number of hydrogen-bond donors (Lipinski definition) is 1. The Kier molecular flexibility index (Phi) is 6.66. The summed E-state index contributed by atoms with van der Waals surface area (Å²) in [5, 5.41) is 19.5. The normalized spacial score (nSPS) is 11.3. The smallest absolute Gasteiger partial charge is 0.302 e. The van der Waals surface area contributed by atoms with Gasteiger partial charge in [0.2, 0.25) is 5.88 Å². The molecular weight excluding hydrogens is 470 g/mol. The third-order valence-electron chi connectivity index (χ3n) is 5.15. The van der Waals surface area contributed by atoms with Crippen LogP contribution >= 0.6 is 15.9 Å². The van der Waals surface area contributed by atoms with Gasteiger partial charge in [0.05, 0.1) is 5.52 Å². The van der Waals surface area contributed by atoms with E-state index in [1.807, 2.05) is 73.7 Å². The summed E-state index contributed by atoms with van der Waals surface area (Å²) in [6.07, 6.45) is 0.744. The van der Waals surface area contributed by atoms with Gasteiger partial charge in [0.25, 0.3) is 0 Å². The Morgan fingerprint density at radius 2 is 1.81 bits per heavy atom. The molecular formula is C25H22BrN3O3. The van der Waals surface area contributed by atoms with Crippen LogP contribution in [0, 0.1) is 6.92 Å². The van der Waals surface area contributed by atoms with Gasteiger partial charge in [-0.3, -0.25) is 4.79 Å². The number of benzene rings is 3. The van der Waals surface area contributed by atoms with Gasteiger partial charge < -0.3 is 14.4 Å². The van der Waals surface area contributed by atoms with E-state index in [9.17, 15) is 9.90 Å². The summed E-state index contributed by atoms with van der Waals surface area (Å²) in [7, 11) is 0. The van der Waals surface area contributed by atoms with Crippen LogP contribution in [0.4, 0.5) is 5.69 Å². The number of fused-ring (bicyclic) bond motifs is 1. The summed E-state index contributed by atoms with van der Waals surface area (Å²) in [6.45, 7) is 2.24. The van der Waals surface area contributed by atoms with Crippen molar-refractivity contribution in [2.45, 2.75) is 19.9 Å². The zero-order chi connectivity index (χ0) is 22.5. The lowest BCUT2D eigenvalue weighted by molar-refractivity contribution is -0.120. The Balaban J connectivity index is 1.56. The highest BCUT2D eigenvalue weighted by atomic mass is 79.9. The SMILES string of the molecule is Cc1ccccc1OCC(=O)N=Nc1c(O)n(CCc2ccccc2)c2ccc(Br)cc12. The fourth-order valence-corrected chi connectivity index (χ4v) is 3.86. The minimum absolute atomic E-state index is 0.0228. The van der Waals surface area contributed by atoms with Crippen LogP contribution in [0.15, 0.2) is 87.5 Å². The van der Waals surface area contributed by atoms with Crippen LogP contribution in [-0.2, 0) is 17.8 Å². The fraction of sp³-hybridized carbons (Fsp3) is 0.160. The zero-order valence-electron chi connectivity index (χ0n) is 17.5. The van der Waals surface area contributed by atoms with Gasteiger partial charge in [-0.05, 0) is 48.7 Å². The molecule has 0 aliphatic rings. The Morgan fingerprint density at radius 1 is 1.06 bits per heavy atom. The average Bonchev–Trinajstić information content (AvgIpc) is 3.06. The number of hydrogen-bond acceptors (Lipinski definition) is 4. The number of rotatable bonds is 7. The molecule has 0 fully saturated rings. The number of carbonyl (C=O) groups is 1. The second-order valence-electron chi connectivity index (χ2n) is 7.37. The summed E-state index contributed by atoms with van der Waals surface area (Å²) < 4.78 is 8.17. The molecule has 1 N–H and O–H groups in total. The van der Waals surface area contributed by atoms with Crippen LogP contribution in [-0.4, -0.2) is 22.2 Å².